The van der Waals surface area contributed by atoms with Crippen molar-refractivity contribution in [3.05, 3.63) is 76.1 Å². The van der Waals surface area contributed by atoms with Gasteiger partial charge >= 0.3 is 11.6 Å². The fourth-order valence-electron chi connectivity index (χ4n) is 4.52. The molecule has 4 amide bonds. The van der Waals surface area contributed by atoms with Crippen LogP contribution in [-0.2, 0) is 30.4 Å². The van der Waals surface area contributed by atoms with E-state index in [1.165, 1.54) is 19.1 Å². The highest BCUT2D eigenvalue weighted by atomic mass is 16.4. The summed E-state index contributed by atoms with van der Waals surface area (Å²) in [6.45, 7) is 6.45. The molecule has 3 atom stereocenters. The number of amides is 4. The van der Waals surface area contributed by atoms with E-state index in [1.54, 1.807) is 57.2 Å². The summed E-state index contributed by atoms with van der Waals surface area (Å²) in [5, 5.41) is 20.4. The van der Waals surface area contributed by atoms with E-state index in [9.17, 15) is 33.9 Å². The van der Waals surface area contributed by atoms with Crippen molar-refractivity contribution < 1.29 is 33.5 Å². The Labute approximate surface area is 248 Å². The van der Waals surface area contributed by atoms with Crippen LogP contribution >= 0.6 is 0 Å². The first-order chi connectivity index (χ1) is 20.3. The van der Waals surface area contributed by atoms with Crippen molar-refractivity contribution >= 4 is 46.3 Å². The maximum absolute atomic E-state index is 13.4. The Balaban J connectivity index is 1.78. The van der Waals surface area contributed by atoms with Gasteiger partial charge < -0.3 is 30.8 Å². The standard InChI is InChI=1S/C31H36N4O8/c1-17(2)28(31(42)33-21-10-11-22-18(3)14-27(39)43-25(22)16-21)35-29(40)23(12-13-26(37)38)34-30(41)24(32-19(4)36)15-20-8-6-5-7-9-20/h5-11,14,16-17,23-24,28H,12-13,15H2,1-4H3,(H,32,36)(H,33,42)(H,34,41)(H,35,40)(H,37,38)/t23-,24-,28-/m0/s1. The van der Waals surface area contributed by atoms with Crippen LogP contribution in [0, 0.1) is 12.8 Å². The van der Waals surface area contributed by atoms with Crippen LogP contribution in [0.15, 0.2) is 63.8 Å². The van der Waals surface area contributed by atoms with Gasteiger partial charge in [0.2, 0.25) is 23.6 Å². The average molecular weight is 593 g/mol. The Kier molecular flexibility index (Phi) is 11.2. The van der Waals surface area contributed by atoms with Crippen LogP contribution in [0.2, 0.25) is 0 Å². The zero-order chi connectivity index (χ0) is 31.7. The minimum Gasteiger partial charge on any atom is -0.481 e. The number of carboxylic acids is 1. The van der Waals surface area contributed by atoms with E-state index in [-0.39, 0.29) is 18.4 Å². The number of aliphatic carboxylic acids is 1. The lowest BCUT2D eigenvalue weighted by Crippen LogP contribution is -2.57. The lowest BCUT2D eigenvalue weighted by Gasteiger charge is -2.26. The summed E-state index contributed by atoms with van der Waals surface area (Å²) in [5.74, 6) is -4.03. The molecule has 1 heterocycles. The number of aryl methyl sites for hydroxylation is 1. The molecule has 0 aliphatic carbocycles. The first-order valence-corrected chi connectivity index (χ1v) is 13.8. The van der Waals surface area contributed by atoms with E-state index in [2.05, 4.69) is 21.3 Å². The molecule has 0 bridgehead atoms. The van der Waals surface area contributed by atoms with E-state index in [0.29, 0.717) is 11.1 Å². The van der Waals surface area contributed by atoms with Crippen LogP contribution < -0.4 is 26.9 Å². The molecule has 0 radical (unpaired) electrons. The molecule has 228 valence electrons. The van der Waals surface area contributed by atoms with Gasteiger partial charge in [-0.05, 0) is 42.5 Å². The van der Waals surface area contributed by atoms with Crippen LogP contribution in [0.3, 0.4) is 0 Å². The summed E-state index contributed by atoms with van der Waals surface area (Å²) in [7, 11) is 0. The number of nitrogens with one attached hydrogen (secondary N) is 4. The summed E-state index contributed by atoms with van der Waals surface area (Å²) in [6, 6.07) is 11.8. The fourth-order valence-corrected chi connectivity index (χ4v) is 4.52. The molecule has 0 fully saturated rings. The van der Waals surface area contributed by atoms with E-state index in [0.717, 1.165) is 11.1 Å². The van der Waals surface area contributed by atoms with Crippen molar-refractivity contribution in [2.24, 2.45) is 5.92 Å². The number of carboxylic acid groups (broad SMARTS) is 1. The molecule has 5 N–H and O–H groups in total. The molecule has 3 aromatic rings. The fraction of sp³-hybridized carbons (Fsp3) is 0.355. The van der Waals surface area contributed by atoms with Gasteiger partial charge in [-0.25, -0.2) is 4.79 Å². The van der Waals surface area contributed by atoms with Crippen LogP contribution in [0.25, 0.3) is 11.0 Å². The Morgan fingerprint density at radius 2 is 1.53 bits per heavy atom. The third-order valence-corrected chi connectivity index (χ3v) is 6.72. The molecular formula is C31H36N4O8. The predicted octanol–water partition coefficient (Wildman–Crippen LogP) is 2.28. The van der Waals surface area contributed by atoms with Crippen LogP contribution in [0.4, 0.5) is 5.69 Å². The summed E-state index contributed by atoms with van der Waals surface area (Å²) in [5.41, 5.74) is 1.58. The third-order valence-electron chi connectivity index (χ3n) is 6.72. The molecule has 0 aliphatic rings. The van der Waals surface area contributed by atoms with Gasteiger partial charge in [-0.1, -0.05) is 44.2 Å². The second-order valence-electron chi connectivity index (χ2n) is 10.6. The summed E-state index contributed by atoms with van der Waals surface area (Å²) in [4.78, 5) is 74.8. The van der Waals surface area contributed by atoms with Gasteiger partial charge in [-0.2, -0.15) is 0 Å². The summed E-state index contributed by atoms with van der Waals surface area (Å²) in [6.07, 6.45) is -0.537. The van der Waals surface area contributed by atoms with E-state index < -0.39 is 65.7 Å². The number of rotatable bonds is 13. The molecule has 12 nitrogen and oxygen atoms in total. The number of hydrogen-bond donors (Lipinski definition) is 5. The molecule has 0 spiro atoms. The van der Waals surface area contributed by atoms with E-state index >= 15 is 0 Å². The van der Waals surface area contributed by atoms with E-state index in [1.807, 2.05) is 6.07 Å². The highest BCUT2D eigenvalue weighted by Gasteiger charge is 2.31. The minimum atomic E-state index is -1.30. The molecule has 0 aliphatic heterocycles. The highest BCUT2D eigenvalue weighted by molar-refractivity contribution is 6.00. The monoisotopic (exact) mass is 592 g/mol. The van der Waals surface area contributed by atoms with Crippen LogP contribution in [-0.4, -0.2) is 52.8 Å². The zero-order valence-corrected chi connectivity index (χ0v) is 24.4. The molecule has 2 aromatic carbocycles. The van der Waals surface area contributed by atoms with Crippen molar-refractivity contribution in [2.75, 3.05) is 5.32 Å². The Bertz CT molecular complexity index is 1550. The Morgan fingerprint density at radius 3 is 2.16 bits per heavy atom. The highest BCUT2D eigenvalue weighted by Crippen LogP contribution is 2.21. The number of fused-ring (bicyclic) bond motifs is 1. The summed E-state index contributed by atoms with van der Waals surface area (Å²) < 4.78 is 5.24. The number of anilines is 1. The minimum absolute atomic E-state index is 0.141. The first kappa shape index (κ1) is 32.5. The third kappa shape index (κ3) is 9.52. The Hall–Kier alpha value is -5.00. The van der Waals surface area contributed by atoms with Crippen molar-refractivity contribution in [1.29, 1.82) is 0 Å². The quantitative estimate of drug-likeness (QED) is 0.187. The lowest BCUT2D eigenvalue weighted by atomic mass is 10.0. The van der Waals surface area contributed by atoms with Gasteiger partial charge in [-0.3, -0.25) is 24.0 Å². The second kappa shape index (κ2) is 14.8. The van der Waals surface area contributed by atoms with Crippen molar-refractivity contribution in [3.8, 4) is 0 Å². The Morgan fingerprint density at radius 1 is 0.860 bits per heavy atom. The summed E-state index contributed by atoms with van der Waals surface area (Å²) >= 11 is 0. The van der Waals surface area contributed by atoms with Gasteiger partial charge in [0.25, 0.3) is 0 Å². The zero-order valence-electron chi connectivity index (χ0n) is 24.4. The largest absolute Gasteiger partial charge is 0.481 e. The molecule has 0 saturated heterocycles. The maximum atomic E-state index is 13.4. The predicted molar refractivity (Wildman–Crippen MR) is 159 cm³/mol. The van der Waals surface area contributed by atoms with Crippen molar-refractivity contribution in [3.63, 3.8) is 0 Å². The smallest absolute Gasteiger partial charge is 0.336 e. The lowest BCUT2D eigenvalue weighted by molar-refractivity contribution is -0.138. The molecule has 43 heavy (non-hydrogen) atoms. The first-order valence-electron chi connectivity index (χ1n) is 13.8. The van der Waals surface area contributed by atoms with Crippen LogP contribution in [0.5, 0.6) is 0 Å². The molecule has 12 heteroatoms. The molecular weight excluding hydrogens is 556 g/mol. The molecule has 1 aromatic heterocycles. The topological polar surface area (TPSA) is 184 Å². The van der Waals surface area contributed by atoms with Crippen LogP contribution in [0.1, 0.15) is 44.7 Å². The van der Waals surface area contributed by atoms with Gasteiger partial charge in [0.1, 0.15) is 23.7 Å². The van der Waals surface area contributed by atoms with E-state index in [4.69, 9.17) is 4.42 Å². The SMILES string of the molecule is CC(=O)N[C@@H](Cc1ccccc1)C(=O)N[C@@H](CCC(=O)O)C(=O)N[C@H](C(=O)Nc1ccc2c(C)cc(=O)oc2c1)C(C)C. The maximum Gasteiger partial charge on any atom is 0.336 e. The van der Waals surface area contributed by atoms with Gasteiger partial charge in [0, 0.05) is 43.0 Å². The van der Waals surface area contributed by atoms with Crippen molar-refractivity contribution in [1.82, 2.24) is 16.0 Å². The van der Waals surface area contributed by atoms with Crippen molar-refractivity contribution in [2.45, 2.75) is 65.1 Å². The normalized spacial score (nSPS) is 13.0. The molecule has 3 rings (SSSR count). The van der Waals surface area contributed by atoms with Gasteiger partial charge in [0.15, 0.2) is 0 Å². The van der Waals surface area contributed by atoms with Gasteiger partial charge in [0.05, 0.1) is 0 Å². The van der Waals surface area contributed by atoms with Gasteiger partial charge in [-0.15, -0.1) is 0 Å². The number of benzene rings is 2. The average Bonchev–Trinajstić information content (AvgIpc) is 2.93. The molecule has 0 saturated carbocycles. The number of hydrogen-bond acceptors (Lipinski definition) is 7. The number of carbonyl (C=O) groups is 5. The second-order valence-corrected chi connectivity index (χ2v) is 10.6. The molecule has 0 unspecified atom stereocenters. The number of carbonyl (C=O) groups excluding carboxylic acids is 4.